The summed E-state index contributed by atoms with van der Waals surface area (Å²) in [5, 5.41) is 4.48. The van der Waals surface area contributed by atoms with E-state index in [4.69, 9.17) is 4.74 Å². The number of carbonyl (C=O) groups is 2. The van der Waals surface area contributed by atoms with Crippen LogP contribution in [-0.4, -0.2) is 73.6 Å². The number of halogens is 1. The van der Waals surface area contributed by atoms with E-state index in [1.54, 1.807) is 5.38 Å². The number of hydrogen-bond acceptors (Lipinski definition) is 7. The van der Waals surface area contributed by atoms with Crippen molar-refractivity contribution in [2.45, 2.75) is 18.1 Å². The van der Waals surface area contributed by atoms with Crippen LogP contribution >= 0.6 is 27.5 Å². The summed E-state index contributed by atoms with van der Waals surface area (Å²) in [6, 6.07) is -0.708. The monoisotopic (exact) mass is 452 g/mol. The smallest absolute Gasteiger partial charge is 0.272 e. The van der Waals surface area contributed by atoms with Crippen LogP contribution in [-0.2, 0) is 19.6 Å². The Balaban J connectivity index is 1.54. The summed E-state index contributed by atoms with van der Waals surface area (Å²) in [5.74, 6) is -0.620. The molecule has 3 heterocycles. The van der Waals surface area contributed by atoms with Crippen molar-refractivity contribution in [3.05, 3.63) is 15.5 Å². The molecule has 2 N–H and O–H groups in total. The summed E-state index contributed by atoms with van der Waals surface area (Å²) in [5.41, 5.74) is -0.366. The Kier molecular flexibility index (Phi) is 5.17. The third kappa shape index (κ3) is 3.87. The summed E-state index contributed by atoms with van der Waals surface area (Å²) in [6.07, 6.45) is 0.270. The first kappa shape index (κ1) is 18.7. The average molecular weight is 453 g/mol. The molecule has 9 nitrogen and oxygen atoms in total. The standard InChI is InChI=1S/C13H17BrN4O5S2/c1-23-13(5-15-11(19)10-8(14)4-24-16-10)6-18(7-13)12(20)9-2-3-25(21,22)17-9/h4,9,17H,2-3,5-7H2,1H3,(H,15,19). The van der Waals surface area contributed by atoms with Crippen molar-refractivity contribution >= 4 is 49.3 Å². The van der Waals surface area contributed by atoms with Gasteiger partial charge in [0, 0.05) is 12.5 Å². The van der Waals surface area contributed by atoms with Gasteiger partial charge in [0.15, 0.2) is 5.69 Å². The Morgan fingerprint density at radius 1 is 1.56 bits per heavy atom. The van der Waals surface area contributed by atoms with Gasteiger partial charge in [-0.1, -0.05) is 0 Å². The Morgan fingerprint density at radius 2 is 2.28 bits per heavy atom. The number of ether oxygens (including phenoxy) is 1. The van der Waals surface area contributed by atoms with Crippen molar-refractivity contribution < 1.29 is 22.7 Å². The molecule has 0 aromatic carbocycles. The Labute approximate surface area is 157 Å². The summed E-state index contributed by atoms with van der Waals surface area (Å²) >= 11 is 4.43. The lowest BCUT2D eigenvalue weighted by atomic mass is 9.92. The van der Waals surface area contributed by atoms with Gasteiger partial charge in [0.1, 0.15) is 11.6 Å². The van der Waals surface area contributed by atoms with Gasteiger partial charge in [-0.05, 0) is 33.9 Å². The lowest BCUT2D eigenvalue weighted by Crippen LogP contribution is -2.70. The zero-order chi connectivity index (χ0) is 18.2. The van der Waals surface area contributed by atoms with Gasteiger partial charge in [-0.25, -0.2) is 13.1 Å². The van der Waals surface area contributed by atoms with E-state index in [0.29, 0.717) is 23.3 Å². The molecule has 138 valence electrons. The van der Waals surface area contributed by atoms with Gasteiger partial charge in [0.2, 0.25) is 15.9 Å². The van der Waals surface area contributed by atoms with E-state index in [9.17, 15) is 18.0 Å². The molecule has 1 aromatic rings. The van der Waals surface area contributed by atoms with Crippen LogP contribution in [0.5, 0.6) is 0 Å². The fourth-order valence-corrected chi connectivity index (χ4v) is 5.32. The Bertz CT molecular complexity index is 790. The van der Waals surface area contributed by atoms with Crippen molar-refractivity contribution in [3.63, 3.8) is 0 Å². The maximum absolute atomic E-state index is 12.3. The van der Waals surface area contributed by atoms with E-state index in [-0.39, 0.29) is 30.5 Å². The SMILES string of the molecule is COC1(CNC(=O)c2nscc2Br)CN(C(=O)C2CCS(=O)(=O)N2)C1. The van der Waals surface area contributed by atoms with E-state index in [2.05, 4.69) is 30.3 Å². The fourth-order valence-electron chi connectivity index (χ4n) is 2.82. The summed E-state index contributed by atoms with van der Waals surface area (Å²) < 4.78 is 35.3. The molecule has 2 aliphatic heterocycles. The summed E-state index contributed by atoms with van der Waals surface area (Å²) in [7, 11) is -1.82. The second kappa shape index (κ2) is 6.91. The quantitative estimate of drug-likeness (QED) is 0.624. The molecule has 0 aliphatic carbocycles. The molecule has 12 heteroatoms. The van der Waals surface area contributed by atoms with Crippen LogP contribution in [0.3, 0.4) is 0 Å². The van der Waals surface area contributed by atoms with Crippen molar-refractivity contribution in [1.82, 2.24) is 19.3 Å². The molecule has 1 aromatic heterocycles. The molecule has 1 atom stereocenters. The van der Waals surface area contributed by atoms with Crippen molar-refractivity contribution in [1.29, 1.82) is 0 Å². The van der Waals surface area contributed by atoms with Crippen molar-refractivity contribution in [3.8, 4) is 0 Å². The van der Waals surface area contributed by atoms with Crippen LogP contribution in [0.25, 0.3) is 0 Å². The van der Waals surface area contributed by atoms with Crippen molar-refractivity contribution in [2.75, 3.05) is 32.5 Å². The van der Waals surface area contributed by atoms with Gasteiger partial charge in [-0.15, -0.1) is 0 Å². The van der Waals surface area contributed by atoms with E-state index in [0.717, 1.165) is 0 Å². The van der Waals surface area contributed by atoms with Crippen LogP contribution < -0.4 is 10.0 Å². The van der Waals surface area contributed by atoms with Crippen molar-refractivity contribution in [2.24, 2.45) is 0 Å². The van der Waals surface area contributed by atoms with Gasteiger partial charge in [-0.3, -0.25) is 9.59 Å². The topological polar surface area (TPSA) is 118 Å². The zero-order valence-electron chi connectivity index (χ0n) is 13.3. The molecular weight excluding hydrogens is 436 g/mol. The minimum atomic E-state index is -3.34. The minimum Gasteiger partial charge on any atom is -0.373 e. The molecule has 2 aliphatic rings. The van der Waals surface area contributed by atoms with Gasteiger partial charge >= 0.3 is 0 Å². The first-order valence-electron chi connectivity index (χ1n) is 7.47. The molecule has 3 rings (SSSR count). The van der Waals surface area contributed by atoms with Gasteiger partial charge < -0.3 is 15.0 Å². The molecule has 2 saturated heterocycles. The highest BCUT2D eigenvalue weighted by atomic mass is 79.9. The predicted octanol–water partition coefficient (Wildman–Crippen LogP) is -0.445. The largest absolute Gasteiger partial charge is 0.373 e. The summed E-state index contributed by atoms with van der Waals surface area (Å²) in [4.78, 5) is 26.0. The van der Waals surface area contributed by atoms with Gasteiger partial charge in [0.25, 0.3) is 5.91 Å². The van der Waals surface area contributed by atoms with Gasteiger partial charge in [-0.2, -0.15) is 4.37 Å². The van der Waals surface area contributed by atoms with E-state index in [1.165, 1.54) is 23.5 Å². The number of nitrogens with one attached hydrogen (secondary N) is 2. The molecular formula is C13H17BrN4O5S2. The number of amides is 2. The maximum atomic E-state index is 12.3. The number of sulfonamides is 1. The lowest BCUT2D eigenvalue weighted by molar-refractivity contribution is -0.161. The highest BCUT2D eigenvalue weighted by Gasteiger charge is 2.48. The van der Waals surface area contributed by atoms with E-state index in [1.807, 2.05) is 0 Å². The highest BCUT2D eigenvalue weighted by molar-refractivity contribution is 9.10. The number of methoxy groups -OCH3 is 1. The number of hydrogen-bond donors (Lipinski definition) is 2. The van der Waals surface area contributed by atoms with Crippen LogP contribution in [0.15, 0.2) is 9.85 Å². The Morgan fingerprint density at radius 3 is 2.80 bits per heavy atom. The number of aromatic nitrogens is 1. The minimum absolute atomic E-state index is 0.0365. The number of likely N-dealkylation sites (tertiary alicyclic amines) is 1. The molecule has 0 spiro atoms. The molecule has 1 unspecified atom stereocenters. The summed E-state index contributed by atoms with van der Waals surface area (Å²) in [6.45, 7) is 0.810. The molecule has 0 radical (unpaired) electrons. The third-order valence-electron chi connectivity index (χ3n) is 4.31. The highest BCUT2D eigenvalue weighted by Crippen LogP contribution is 2.26. The number of carbonyl (C=O) groups excluding carboxylic acids is 2. The predicted molar refractivity (Wildman–Crippen MR) is 93.8 cm³/mol. The lowest BCUT2D eigenvalue weighted by Gasteiger charge is -2.49. The Hall–Kier alpha value is -1.08. The molecule has 2 fully saturated rings. The van der Waals surface area contributed by atoms with Crippen LogP contribution in [0.4, 0.5) is 0 Å². The number of rotatable bonds is 5. The van der Waals surface area contributed by atoms with Crippen LogP contribution in [0.2, 0.25) is 0 Å². The van der Waals surface area contributed by atoms with Crippen LogP contribution in [0, 0.1) is 0 Å². The first-order valence-corrected chi connectivity index (χ1v) is 10.8. The average Bonchev–Trinajstić information content (AvgIpc) is 3.11. The second-order valence-electron chi connectivity index (χ2n) is 6.05. The van der Waals surface area contributed by atoms with Crippen LogP contribution in [0.1, 0.15) is 16.9 Å². The maximum Gasteiger partial charge on any atom is 0.272 e. The van der Waals surface area contributed by atoms with E-state index < -0.39 is 21.7 Å². The normalized spacial score (nSPS) is 23.9. The molecule has 0 saturated carbocycles. The number of nitrogens with zero attached hydrogens (tertiary/aromatic N) is 2. The second-order valence-corrected chi connectivity index (χ2v) is 9.41. The first-order chi connectivity index (χ1) is 11.8. The fraction of sp³-hybridized carbons (Fsp3) is 0.615. The van der Waals surface area contributed by atoms with Gasteiger partial charge in [0.05, 0.1) is 29.9 Å². The zero-order valence-corrected chi connectivity index (χ0v) is 16.5. The third-order valence-corrected chi connectivity index (χ3v) is 7.26. The molecule has 0 bridgehead atoms. The van der Waals surface area contributed by atoms with E-state index >= 15 is 0 Å². The molecule has 25 heavy (non-hydrogen) atoms. The molecule has 2 amide bonds.